The van der Waals surface area contributed by atoms with Gasteiger partial charge in [-0.2, -0.15) is 0 Å². The van der Waals surface area contributed by atoms with Gasteiger partial charge in [0.2, 0.25) is 5.91 Å². The molecule has 0 radical (unpaired) electrons. The molecule has 20 heavy (non-hydrogen) atoms. The molecule has 1 aliphatic heterocycles. The molecule has 1 heterocycles. The van der Waals surface area contributed by atoms with E-state index in [0.717, 1.165) is 32.4 Å². The summed E-state index contributed by atoms with van der Waals surface area (Å²) in [6, 6.07) is 8.34. The lowest BCUT2D eigenvalue weighted by atomic mass is 9.93. The lowest BCUT2D eigenvalue weighted by Gasteiger charge is -2.31. The predicted molar refractivity (Wildman–Crippen MR) is 79.5 cm³/mol. The van der Waals surface area contributed by atoms with Crippen molar-refractivity contribution in [1.29, 1.82) is 0 Å². The van der Waals surface area contributed by atoms with Crippen molar-refractivity contribution < 1.29 is 9.59 Å². The Morgan fingerprint density at radius 1 is 1.15 bits per heavy atom. The smallest absolute Gasteiger partial charge is 0.222 e. The van der Waals surface area contributed by atoms with E-state index in [1.54, 1.807) is 6.92 Å². The van der Waals surface area contributed by atoms with Crippen molar-refractivity contribution in [2.75, 3.05) is 13.1 Å². The summed E-state index contributed by atoms with van der Waals surface area (Å²) in [6.45, 7) is 5.18. The average molecular weight is 273 g/mol. The summed E-state index contributed by atoms with van der Waals surface area (Å²) in [7, 11) is 0. The normalized spacial score (nSPS) is 16.2. The van der Waals surface area contributed by atoms with Gasteiger partial charge in [0.1, 0.15) is 5.78 Å². The largest absolute Gasteiger partial charge is 0.343 e. The van der Waals surface area contributed by atoms with Crippen molar-refractivity contribution in [3.63, 3.8) is 0 Å². The molecule has 1 aromatic rings. The van der Waals surface area contributed by atoms with E-state index < -0.39 is 0 Å². The lowest BCUT2D eigenvalue weighted by molar-refractivity contribution is -0.134. The van der Waals surface area contributed by atoms with E-state index in [1.807, 2.05) is 4.90 Å². The number of hydrogen-bond acceptors (Lipinski definition) is 2. The average Bonchev–Trinajstić information content (AvgIpc) is 2.46. The van der Waals surface area contributed by atoms with Crippen LogP contribution < -0.4 is 0 Å². The highest BCUT2D eigenvalue weighted by atomic mass is 16.2. The molecule has 2 rings (SSSR count). The molecule has 108 valence electrons. The SMILES string of the molecule is CC(=O)C1CCN(C(=O)CCc2ccc(C)cc2)CC1. The quantitative estimate of drug-likeness (QED) is 0.846. The van der Waals surface area contributed by atoms with Crippen molar-refractivity contribution in [1.82, 2.24) is 4.90 Å². The molecule has 3 heteroatoms. The van der Waals surface area contributed by atoms with Crippen LogP contribution in [0.15, 0.2) is 24.3 Å². The van der Waals surface area contributed by atoms with Crippen LogP contribution in [0.1, 0.15) is 37.3 Å². The highest BCUT2D eigenvalue weighted by molar-refractivity contribution is 5.79. The Hall–Kier alpha value is -1.64. The van der Waals surface area contributed by atoms with Crippen molar-refractivity contribution in [2.45, 2.75) is 39.5 Å². The van der Waals surface area contributed by atoms with Gasteiger partial charge in [0.05, 0.1) is 0 Å². The van der Waals surface area contributed by atoms with E-state index in [4.69, 9.17) is 0 Å². The van der Waals surface area contributed by atoms with Gasteiger partial charge in [0, 0.05) is 25.4 Å². The Bertz CT molecular complexity index is 470. The third-order valence-corrected chi connectivity index (χ3v) is 4.17. The predicted octanol–water partition coefficient (Wildman–Crippen LogP) is 2.76. The Morgan fingerprint density at radius 2 is 1.75 bits per heavy atom. The molecular formula is C17H23NO2. The molecule has 1 aliphatic rings. The van der Waals surface area contributed by atoms with Gasteiger partial charge >= 0.3 is 0 Å². The summed E-state index contributed by atoms with van der Waals surface area (Å²) < 4.78 is 0. The summed E-state index contributed by atoms with van der Waals surface area (Å²) in [5.74, 6) is 0.639. The number of rotatable bonds is 4. The Kier molecular flexibility index (Phi) is 4.94. The summed E-state index contributed by atoms with van der Waals surface area (Å²) in [5, 5.41) is 0. The van der Waals surface area contributed by atoms with Crippen LogP contribution in [-0.2, 0) is 16.0 Å². The van der Waals surface area contributed by atoms with Crippen molar-refractivity contribution in [3.05, 3.63) is 35.4 Å². The van der Waals surface area contributed by atoms with Gasteiger partial charge in [-0.05, 0) is 38.7 Å². The molecule has 0 N–H and O–H groups in total. The number of ketones is 1. The zero-order valence-corrected chi connectivity index (χ0v) is 12.4. The molecule has 1 fully saturated rings. The molecule has 1 amide bonds. The number of benzene rings is 1. The standard InChI is InChI=1S/C17H23NO2/c1-13-3-5-15(6-4-13)7-8-17(20)18-11-9-16(10-12-18)14(2)19/h3-6,16H,7-12H2,1-2H3. The summed E-state index contributed by atoms with van der Waals surface area (Å²) in [6.07, 6.45) is 3.01. The highest BCUT2D eigenvalue weighted by Gasteiger charge is 2.24. The zero-order valence-electron chi connectivity index (χ0n) is 12.4. The fourth-order valence-electron chi connectivity index (χ4n) is 2.70. The number of hydrogen-bond donors (Lipinski definition) is 0. The Morgan fingerprint density at radius 3 is 2.30 bits per heavy atom. The third kappa shape index (κ3) is 3.92. The number of likely N-dealkylation sites (tertiary alicyclic amines) is 1. The second kappa shape index (κ2) is 6.69. The summed E-state index contributed by atoms with van der Waals surface area (Å²) in [5.41, 5.74) is 2.45. The topological polar surface area (TPSA) is 37.4 Å². The van der Waals surface area contributed by atoms with Crippen LogP contribution in [0.2, 0.25) is 0 Å². The summed E-state index contributed by atoms with van der Waals surface area (Å²) >= 11 is 0. The minimum atomic E-state index is 0.163. The molecule has 0 atom stereocenters. The van der Waals surface area contributed by atoms with Crippen molar-refractivity contribution in [2.24, 2.45) is 5.92 Å². The first-order chi connectivity index (χ1) is 9.56. The molecule has 0 bridgehead atoms. The van der Waals surface area contributed by atoms with E-state index in [2.05, 4.69) is 31.2 Å². The lowest BCUT2D eigenvalue weighted by Crippen LogP contribution is -2.40. The molecule has 0 spiro atoms. The van der Waals surface area contributed by atoms with E-state index in [1.165, 1.54) is 11.1 Å². The minimum absolute atomic E-state index is 0.163. The van der Waals surface area contributed by atoms with Crippen molar-refractivity contribution in [3.8, 4) is 0 Å². The van der Waals surface area contributed by atoms with Gasteiger partial charge < -0.3 is 4.90 Å². The maximum atomic E-state index is 12.2. The van der Waals surface area contributed by atoms with E-state index in [9.17, 15) is 9.59 Å². The Labute approximate surface area is 121 Å². The van der Waals surface area contributed by atoms with Gasteiger partial charge in [0.25, 0.3) is 0 Å². The van der Waals surface area contributed by atoms with Crippen LogP contribution in [0.4, 0.5) is 0 Å². The van der Waals surface area contributed by atoms with Crippen LogP contribution in [0, 0.1) is 12.8 Å². The second-order valence-electron chi connectivity index (χ2n) is 5.75. The maximum absolute atomic E-state index is 12.2. The van der Waals surface area contributed by atoms with Gasteiger partial charge in [0.15, 0.2) is 0 Å². The number of piperidine rings is 1. The van der Waals surface area contributed by atoms with Gasteiger partial charge in [-0.25, -0.2) is 0 Å². The maximum Gasteiger partial charge on any atom is 0.222 e. The zero-order chi connectivity index (χ0) is 14.5. The van der Waals surface area contributed by atoms with Crippen LogP contribution in [0.25, 0.3) is 0 Å². The van der Waals surface area contributed by atoms with Gasteiger partial charge in [-0.15, -0.1) is 0 Å². The molecule has 0 aliphatic carbocycles. The second-order valence-corrected chi connectivity index (χ2v) is 5.75. The minimum Gasteiger partial charge on any atom is -0.343 e. The number of Topliss-reactive ketones (excluding diaryl/α,β-unsaturated/α-hetero) is 1. The first-order valence-corrected chi connectivity index (χ1v) is 7.40. The number of nitrogens with zero attached hydrogens (tertiary/aromatic N) is 1. The van der Waals surface area contributed by atoms with Crippen LogP contribution in [0.3, 0.4) is 0 Å². The van der Waals surface area contributed by atoms with E-state index >= 15 is 0 Å². The molecule has 3 nitrogen and oxygen atoms in total. The van der Waals surface area contributed by atoms with Crippen LogP contribution in [0.5, 0.6) is 0 Å². The van der Waals surface area contributed by atoms with Crippen LogP contribution in [-0.4, -0.2) is 29.7 Å². The molecule has 0 unspecified atom stereocenters. The van der Waals surface area contributed by atoms with Gasteiger partial charge in [-0.1, -0.05) is 29.8 Å². The third-order valence-electron chi connectivity index (χ3n) is 4.17. The number of aryl methyl sites for hydroxylation is 2. The fourth-order valence-corrected chi connectivity index (χ4v) is 2.70. The fraction of sp³-hybridized carbons (Fsp3) is 0.529. The van der Waals surface area contributed by atoms with Crippen LogP contribution >= 0.6 is 0 Å². The molecule has 1 aromatic carbocycles. The first kappa shape index (κ1) is 14.8. The highest BCUT2D eigenvalue weighted by Crippen LogP contribution is 2.19. The summed E-state index contributed by atoms with van der Waals surface area (Å²) in [4.78, 5) is 25.4. The monoisotopic (exact) mass is 273 g/mol. The molecule has 0 saturated carbocycles. The van der Waals surface area contributed by atoms with Gasteiger partial charge in [-0.3, -0.25) is 9.59 Å². The molecule has 0 aromatic heterocycles. The molecular weight excluding hydrogens is 250 g/mol. The van der Waals surface area contributed by atoms with Crippen molar-refractivity contribution >= 4 is 11.7 Å². The Balaban J connectivity index is 1.78. The number of carbonyl (C=O) groups excluding carboxylic acids is 2. The number of carbonyl (C=O) groups is 2. The van der Waals surface area contributed by atoms with E-state index in [-0.39, 0.29) is 17.6 Å². The van der Waals surface area contributed by atoms with E-state index in [0.29, 0.717) is 6.42 Å². The molecule has 1 saturated heterocycles. The first-order valence-electron chi connectivity index (χ1n) is 7.40. The number of amides is 1.